The fourth-order valence-corrected chi connectivity index (χ4v) is 4.23. The third-order valence-corrected chi connectivity index (χ3v) is 5.95. The Morgan fingerprint density at radius 1 is 0.966 bits per heavy atom. The average molecular weight is 391 g/mol. The Labute approximate surface area is 173 Å². The second-order valence-electron chi connectivity index (χ2n) is 7.96. The number of aliphatic hydroxyl groups excluding tert-OH is 1. The number of benzene rings is 2. The van der Waals surface area contributed by atoms with Crippen molar-refractivity contribution in [1.29, 1.82) is 0 Å². The van der Waals surface area contributed by atoms with Gasteiger partial charge in [-0.25, -0.2) is 4.98 Å². The molecule has 0 bridgehead atoms. The van der Waals surface area contributed by atoms with Gasteiger partial charge in [0.2, 0.25) is 0 Å². The Morgan fingerprint density at radius 2 is 1.66 bits per heavy atom. The van der Waals surface area contributed by atoms with E-state index in [1.165, 1.54) is 5.56 Å². The Bertz CT molecular complexity index is 915. The van der Waals surface area contributed by atoms with Gasteiger partial charge in [0.1, 0.15) is 11.9 Å². The van der Waals surface area contributed by atoms with Crippen LogP contribution >= 0.6 is 0 Å². The van der Waals surface area contributed by atoms with Crippen LogP contribution in [0.4, 0.5) is 5.69 Å². The van der Waals surface area contributed by atoms with Crippen molar-refractivity contribution in [3.05, 3.63) is 83.9 Å². The fraction of sp³-hybridized carbons (Fsp3) is 0.375. The summed E-state index contributed by atoms with van der Waals surface area (Å²) in [5, 5.41) is 10.9. The third-order valence-electron chi connectivity index (χ3n) is 5.95. The molecule has 1 aliphatic rings. The molecule has 0 amide bonds. The number of aliphatic hydroxyl groups is 1. The highest BCUT2D eigenvalue weighted by molar-refractivity contribution is 5.56. The minimum atomic E-state index is -0.720. The van der Waals surface area contributed by atoms with Crippen molar-refractivity contribution in [2.24, 2.45) is 7.05 Å². The van der Waals surface area contributed by atoms with Crippen LogP contribution in [0.25, 0.3) is 0 Å². The van der Waals surface area contributed by atoms with Gasteiger partial charge in [0.15, 0.2) is 0 Å². The number of imidazole rings is 1. The molecule has 5 nitrogen and oxygen atoms in total. The first kappa shape index (κ1) is 19.7. The molecule has 5 heteroatoms. The van der Waals surface area contributed by atoms with E-state index in [1.807, 2.05) is 36.0 Å². The van der Waals surface area contributed by atoms with Crippen LogP contribution in [-0.2, 0) is 7.05 Å². The van der Waals surface area contributed by atoms with Crippen molar-refractivity contribution < 1.29 is 5.11 Å². The summed E-state index contributed by atoms with van der Waals surface area (Å²) in [7, 11) is 1.92. The molecule has 1 aromatic heterocycles. The predicted octanol–water partition coefficient (Wildman–Crippen LogP) is 3.43. The first-order valence-electron chi connectivity index (χ1n) is 10.4. The molecule has 4 rings (SSSR count). The molecule has 2 heterocycles. The van der Waals surface area contributed by atoms with Crippen molar-refractivity contribution >= 4 is 5.69 Å². The molecule has 0 saturated carbocycles. The summed E-state index contributed by atoms with van der Waals surface area (Å²) in [5.74, 6) is 1.20. The van der Waals surface area contributed by atoms with E-state index in [0.717, 1.165) is 44.0 Å². The monoisotopic (exact) mass is 390 g/mol. The summed E-state index contributed by atoms with van der Waals surface area (Å²) in [4.78, 5) is 9.28. The number of anilines is 1. The highest BCUT2D eigenvalue weighted by Gasteiger charge is 2.24. The minimum absolute atomic E-state index is 0.528. The van der Waals surface area contributed by atoms with Gasteiger partial charge in [0.25, 0.3) is 0 Å². The molecule has 0 spiro atoms. The van der Waals surface area contributed by atoms with Crippen molar-refractivity contribution in [2.75, 3.05) is 37.6 Å². The lowest BCUT2D eigenvalue weighted by Crippen LogP contribution is -2.47. The fourth-order valence-electron chi connectivity index (χ4n) is 4.23. The number of rotatable bonds is 6. The predicted molar refractivity (Wildman–Crippen MR) is 117 cm³/mol. The number of aryl methyl sites for hydroxylation is 1. The first-order valence-corrected chi connectivity index (χ1v) is 10.4. The third kappa shape index (κ3) is 4.36. The summed E-state index contributed by atoms with van der Waals surface area (Å²) >= 11 is 0. The maximum Gasteiger partial charge on any atom is 0.142 e. The molecule has 0 aliphatic carbocycles. The van der Waals surface area contributed by atoms with Crippen LogP contribution in [0.3, 0.4) is 0 Å². The molecule has 3 aromatic rings. The van der Waals surface area contributed by atoms with Gasteiger partial charge in [-0.05, 0) is 17.5 Å². The van der Waals surface area contributed by atoms with Crippen LogP contribution in [0.5, 0.6) is 0 Å². The molecule has 1 fully saturated rings. The van der Waals surface area contributed by atoms with Gasteiger partial charge in [-0.3, -0.25) is 4.90 Å². The van der Waals surface area contributed by atoms with E-state index in [1.54, 1.807) is 6.20 Å². The maximum atomic E-state index is 10.9. The van der Waals surface area contributed by atoms with Crippen molar-refractivity contribution in [1.82, 2.24) is 14.5 Å². The molecular formula is C24H30N4O. The van der Waals surface area contributed by atoms with Crippen LogP contribution in [0.2, 0.25) is 0 Å². The summed E-state index contributed by atoms with van der Waals surface area (Å²) in [6, 6.07) is 18.9. The van der Waals surface area contributed by atoms with Crippen LogP contribution < -0.4 is 4.90 Å². The van der Waals surface area contributed by atoms with Crippen molar-refractivity contribution in [3.63, 3.8) is 0 Å². The van der Waals surface area contributed by atoms with Crippen LogP contribution in [0.15, 0.2) is 67.0 Å². The van der Waals surface area contributed by atoms with Gasteiger partial charge >= 0.3 is 0 Å². The highest BCUT2D eigenvalue weighted by Crippen LogP contribution is 2.30. The SMILES string of the molecule is C[C@@H](CN1CCN(c2ccccc2[C@H](O)c2nccn2C)CC1)c1ccccc1. The number of para-hydroxylation sites is 1. The summed E-state index contributed by atoms with van der Waals surface area (Å²) in [6.07, 6.45) is 2.88. The zero-order chi connectivity index (χ0) is 20.2. The van der Waals surface area contributed by atoms with E-state index in [0.29, 0.717) is 11.7 Å². The smallest absolute Gasteiger partial charge is 0.142 e. The van der Waals surface area contributed by atoms with Crippen LogP contribution in [0, 0.1) is 0 Å². The Balaban J connectivity index is 1.42. The lowest BCUT2D eigenvalue weighted by atomic mass is 10.0. The Kier molecular flexibility index (Phi) is 5.97. The summed E-state index contributed by atoms with van der Waals surface area (Å²) in [5.41, 5.74) is 3.44. The normalized spacial score (nSPS) is 17.3. The lowest BCUT2D eigenvalue weighted by Gasteiger charge is -2.38. The second-order valence-corrected chi connectivity index (χ2v) is 7.96. The van der Waals surface area contributed by atoms with E-state index in [9.17, 15) is 5.11 Å². The molecule has 1 saturated heterocycles. The molecule has 1 aliphatic heterocycles. The molecule has 2 aromatic carbocycles. The number of hydrogen-bond acceptors (Lipinski definition) is 4. The average Bonchev–Trinajstić information content (AvgIpc) is 3.20. The topological polar surface area (TPSA) is 44.5 Å². The van der Waals surface area contributed by atoms with Crippen LogP contribution in [-0.4, -0.2) is 52.3 Å². The molecule has 0 unspecified atom stereocenters. The van der Waals surface area contributed by atoms with Crippen LogP contribution in [0.1, 0.15) is 35.9 Å². The maximum absolute atomic E-state index is 10.9. The van der Waals surface area contributed by atoms with Crippen molar-refractivity contribution in [3.8, 4) is 0 Å². The largest absolute Gasteiger partial charge is 0.380 e. The van der Waals surface area contributed by atoms with Gasteiger partial charge in [-0.15, -0.1) is 0 Å². The molecule has 2 atom stereocenters. The minimum Gasteiger partial charge on any atom is -0.380 e. The standard InChI is InChI=1S/C24H30N4O/c1-19(20-8-4-3-5-9-20)18-27-14-16-28(17-15-27)22-11-7-6-10-21(22)23(29)24-25-12-13-26(24)2/h3-13,19,23,29H,14-18H2,1-2H3/t19-,23-/m0/s1. The number of aromatic nitrogens is 2. The molecule has 0 radical (unpaired) electrons. The zero-order valence-electron chi connectivity index (χ0n) is 17.3. The quantitative estimate of drug-likeness (QED) is 0.700. The van der Waals surface area contributed by atoms with E-state index < -0.39 is 6.10 Å². The highest BCUT2D eigenvalue weighted by atomic mass is 16.3. The summed E-state index contributed by atoms with van der Waals surface area (Å²) < 4.78 is 1.88. The van der Waals surface area contributed by atoms with Gasteiger partial charge < -0.3 is 14.6 Å². The van der Waals surface area contributed by atoms with Crippen molar-refractivity contribution in [2.45, 2.75) is 18.9 Å². The molecular weight excluding hydrogens is 360 g/mol. The molecule has 1 N–H and O–H groups in total. The number of piperazine rings is 1. The van der Waals surface area contributed by atoms with Gasteiger partial charge in [-0.2, -0.15) is 0 Å². The lowest BCUT2D eigenvalue weighted by molar-refractivity contribution is 0.205. The zero-order valence-corrected chi connectivity index (χ0v) is 17.3. The van der Waals surface area contributed by atoms with E-state index in [2.05, 4.69) is 58.1 Å². The Morgan fingerprint density at radius 3 is 2.34 bits per heavy atom. The second kappa shape index (κ2) is 8.80. The number of nitrogens with zero attached hydrogens (tertiary/aromatic N) is 4. The summed E-state index contributed by atoms with van der Waals surface area (Å²) in [6.45, 7) is 7.38. The molecule has 29 heavy (non-hydrogen) atoms. The van der Waals surface area contributed by atoms with Gasteiger partial charge in [0.05, 0.1) is 0 Å². The van der Waals surface area contributed by atoms with Gasteiger partial charge in [0, 0.05) is 63.4 Å². The Hall–Kier alpha value is -2.63. The van der Waals surface area contributed by atoms with Gasteiger partial charge in [-0.1, -0.05) is 55.5 Å². The van der Waals surface area contributed by atoms with E-state index in [4.69, 9.17) is 0 Å². The number of hydrogen-bond donors (Lipinski definition) is 1. The van der Waals surface area contributed by atoms with E-state index >= 15 is 0 Å². The first-order chi connectivity index (χ1) is 14.1. The molecule has 152 valence electrons. The van der Waals surface area contributed by atoms with E-state index in [-0.39, 0.29) is 0 Å².